The fraction of sp³-hybridized carbons (Fsp3) is 0.200. The molecule has 2 aromatic carbocycles. The maximum atomic E-state index is 12.5. The average molecular weight is 399 g/mol. The summed E-state index contributed by atoms with van der Waals surface area (Å²) in [5.74, 6) is -0.477. The first-order valence-electron chi connectivity index (χ1n) is 8.78. The van der Waals surface area contributed by atoms with Gasteiger partial charge in [0.1, 0.15) is 0 Å². The third kappa shape index (κ3) is 5.05. The highest BCUT2D eigenvalue weighted by Crippen LogP contribution is 2.13. The zero-order valence-electron chi connectivity index (χ0n) is 15.4. The monoisotopic (exact) mass is 399 g/mol. The van der Waals surface area contributed by atoms with Crippen molar-refractivity contribution in [1.82, 2.24) is 14.3 Å². The minimum atomic E-state index is -3.68. The average Bonchev–Trinajstić information content (AvgIpc) is 3.21. The molecule has 0 aliphatic heterocycles. The number of rotatable bonds is 8. The number of hydrogen-bond donors (Lipinski definition) is 1. The van der Waals surface area contributed by atoms with E-state index in [1.807, 2.05) is 35.0 Å². The Morgan fingerprint density at radius 3 is 2.36 bits per heavy atom. The van der Waals surface area contributed by atoms with Crippen molar-refractivity contribution >= 4 is 16.0 Å². The minimum Gasteiger partial charge on any atom is -0.462 e. The van der Waals surface area contributed by atoms with Crippen LogP contribution in [0, 0.1) is 0 Å². The smallest absolute Gasteiger partial charge is 0.338 e. The van der Waals surface area contributed by atoms with Gasteiger partial charge in [-0.25, -0.2) is 22.9 Å². The van der Waals surface area contributed by atoms with Gasteiger partial charge in [-0.05, 0) is 42.3 Å². The van der Waals surface area contributed by atoms with Crippen molar-refractivity contribution in [2.75, 3.05) is 6.61 Å². The van der Waals surface area contributed by atoms with Gasteiger partial charge in [-0.2, -0.15) is 0 Å². The van der Waals surface area contributed by atoms with Gasteiger partial charge in [0.15, 0.2) is 0 Å². The summed E-state index contributed by atoms with van der Waals surface area (Å²) in [6.45, 7) is 2.86. The molecule has 0 aliphatic rings. The second-order valence-corrected chi connectivity index (χ2v) is 7.89. The molecule has 146 valence electrons. The third-order valence-electron chi connectivity index (χ3n) is 4.09. The van der Waals surface area contributed by atoms with Crippen molar-refractivity contribution in [2.24, 2.45) is 0 Å². The van der Waals surface area contributed by atoms with Gasteiger partial charge in [-0.1, -0.05) is 24.3 Å². The molecule has 0 fully saturated rings. The number of ether oxygens (including phenoxy) is 1. The summed E-state index contributed by atoms with van der Waals surface area (Å²) in [6.07, 6.45) is 5.35. The van der Waals surface area contributed by atoms with Gasteiger partial charge in [0.05, 0.1) is 23.4 Å². The molecule has 0 saturated heterocycles. The molecule has 7 nitrogen and oxygen atoms in total. The molecule has 1 heterocycles. The van der Waals surface area contributed by atoms with E-state index in [-0.39, 0.29) is 18.0 Å². The normalized spacial score (nSPS) is 11.3. The Morgan fingerprint density at radius 2 is 1.75 bits per heavy atom. The van der Waals surface area contributed by atoms with E-state index < -0.39 is 16.0 Å². The van der Waals surface area contributed by atoms with Gasteiger partial charge < -0.3 is 9.30 Å². The van der Waals surface area contributed by atoms with Gasteiger partial charge >= 0.3 is 5.97 Å². The molecule has 28 heavy (non-hydrogen) atoms. The molecule has 0 amide bonds. The molecule has 0 unspecified atom stereocenters. The number of nitrogens with zero attached hydrogens (tertiary/aromatic N) is 2. The lowest BCUT2D eigenvalue weighted by molar-refractivity contribution is 0.0526. The Morgan fingerprint density at radius 1 is 1.07 bits per heavy atom. The van der Waals surface area contributed by atoms with Crippen molar-refractivity contribution in [3.8, 4) is 0 Å². The Bertz CT molecular complexity index is 1010. The highest BCUT2D eigenvalue weighted by molar-refractivity contribution is 7.89. The number of esters is 1. The molecule has 0 radical (unpaired) electrons. The molecule has 1 aromatic heterocycles. The number of benzene rings is 2. The van der Waals surface area contributed by atoms with E-state index >= 15 is 0 Å². The van der Waals surface area contributed by atoms with Crippen molar-refractivity contribution < 1.29 is 17.9 Å². The molecular formula is C20H21N3O4S. The van der Waals surface area contributed by atoms with E-state index in [0.717, 1.165) is 11.1 Å². The number of imidazole rings is 1. The van der Waals surface area contributed by atoms with E-state index in [1.165, 1.54) is 24.3 Å². The zero-order chi connectivity index (χ0) is 20.0. The molecule has 3 aromatic rings. The molecule has 0 spiro atoms. The van der Waals surface area contributed by atoms with Crippen LogP contribution >= 0.6 is 0 Å². The van der Waals surface area contributed by atoms with Gasteiger partial charge in [-0.3, -0.25) is 0 Å². The lowest BCUT2D eigenvalue weighted by Crippen LogP contribution is -2.23. The van der Waals surface area contributed by atoms with Crippen LogP contribution in [0.15, 0.2) is 72.1 Å². The second kappa shape index (κ2) is 8.81. The number of carbonyl (C=O) groups excluding carboxylic acids is 1. The number of nitrogens with one attached hydrogen (secondary N) is 1. The number of sulfonamides is 1. The summed E-state index contributed by atoms with van der Waals surface area (Å²) in [7, 11) is -3.68. The summed E-state index contributed by atoms with van der Waals surface area (Å²) in [6, 6.07) is 13.4. The van der Waals surface area contributed by atoms with E-state index in [0.29, 0.717) is 12.1 Å². The fourth-order valence-corrected chi connectivity index (χ4v) is 3.62. The molecular weight excluding hydrogens is 378 g/mol. The van der Waals surface area contributed by atoms with E-state index in [9.17, 15) is 13.2 Å². The summed E-state index contributed by atoms with van der Waals surface area (Å²) < 4.78 is 34.3. The van der Waals surface area contributed by atoms with Gasteiger partial charge in [-0.15, -0.1) is 0 Å². The number of hydrogen-bond acceptors (Lipinski definition) is 5. The maximum absolute atomic E-state index is 12.5. The Labute approximate surface area is 164 Å². The van der Waals surface area contributed by atoms with Crippen molar-refractivity contribution in [3.05, 3.63) is 83.9 Å². The fourth-order valence-electron chi connectivity index (χ4n) is 2.60. The first-order chi connectivity index (χ1) is 13.5. The first-order valence-corrected chi connectivity index (χ1v) is 10.3. The van der Waals surface area contributed by atoms with Crippen LogP contribution in [0.5, 0.6) is 0 Å². The highest BCUT2D eigenvalue weighted by Gasteiger charge is 2.15. The van der Waals surface area contributed by atoms with Crippen LogP contribution in [0.4, 0.5) is 0 Å². The Balaban J connectivity index is 1.60. The van der Waals surface area contributed by atoms with Crippen LogP contribution < -0.4 is 4.72 Å². The van der Waals surface area contributed by atoms with Crippen molar-refractivity contribution in [2.45, 2.75) is 24.9 Å². The predicted octanol–water partition coefficient (Wildman–Crippen LogP) is 2.59. The molecule has 0 saturated carbocycles. The molecule has 0 aliphatic carbocycles. The van der Waals surface area contributed by atoms with Crippen LogP contribution in [0.1, 0.15) is 28.4 Å². The van der Waals surface area contributed by atoms with Crippen LogP contribution in [-0.4, -0.2) is 30.5 Å². The van der Waals surface area contributed by atoms with Gasteiger partial charge in [0.2, 0.25) is 10.0 Å². The van der Waals surface area contributed by atoms with Crippen LogP contribution in [-0.2, 0) is 27.8 Å². The lowest BCUT2D eigenvalue weighted by atomic mass is 10.1. The van der Waals surface area contributed by atoms with E-state index in [4.69, 9.17) is 4.74 Å². The topological polar surface area (TPSA) is 90.3 Å². The Hall–Kier alpha value is -2.97. The van der Waals surface area contributed by atoms with Crippen LogP contribution in [0.3, 0.4) is 0 Å². The predicted molar refractivity (Wildman–Crippen MR) is 104 cm³/mol. The van der Waals surface area contributed by atoms with Crippen LogP contribution in [0.2, 0.25) is 0 Å². The standard InChI is InChI=1S/C20H21N3O4S/c1-2-27-20(24)18-7-9-19(10-8-18)28(25,26)22-13-16-3-5-17(6-4-16)14-23-12-11-21-15-23/h3-12,15,22H,2,13-14H2,1H3. The van der Waals surface area contributed by atoms with E-state index in [2.05, 4.69) is 9.71 Å². The third-order valence-corrected chi connectivity index (χ3v) is 5.51. The summed E-state index contributed by atoms with van der Waals surface area (Å²) in [5.41, 5.74) is 2.26. The van der Waals surface area contributed by atoms with Crippen molar-refractivity contribution in [3.63, 3.8) is 0 Å². The number of aromatic nitrogens is 2. The number of carbonyl (C=O) groups is 1. The largest absolute Gasteiger partial charge is 0.462 e. The Kier molecular flexibility index (Phi) is 6.23. The highest BCUT2D eigenvalue weighted by atomic mass is 32.2. The molecule has 1 N–H and O–H groups in total. The minimum absolute atomic E-state index is 0.0947. The van der Waals surface area contributed by atoms with E-state index in [1.54, 1.807) is 19.4 Å². The van der Waals surface area contributed by atoms with Gasteiger partial charge in [0.25, 0.3) is 0 Å². The zero-order valence-corrected chi connectivity index (χ0v) is 16.2. The second-order valence-electron chi connectivity index (χ2n) is 6.12. The summed E-state index contributed by atoms with van der Waals surface area (Å²) >= 11 is 0. The van der Waals surface area contributed by atoms with Gasteiger partial charge in [0, 0.05) is 25.5 Å². The quantitative estimate of drug-likeness (QED) is 0.588. The summed E-state index contributed by atoms with van der Waals surface area (Å²) in [5, 5.41) is 0. The molecule has 8 heteroatoms. The summed E-state index contributed by atoms with van der Waals surface area (Å²) in [4.78, 5) is 15.8. The van der Waals surface area contributed by atoms with Crippen LogP contribution in [0.25, 0.3) is 0 Å². The molecule has 0 bridgehead atoms. The maximum Gasteiger partial charge on any atom is 0.338 e. The lowest BCUT2D eigenvalue weighted by Gasteiger charge is -2.09. The molecule has 0 atom stereocenters. The van der Waals surface area contributed by atoms with Crippen molar-refractivity contribution in [1.29, 1.82) is 0 Å². The molecule has 3 rings (SSSR count). The SMILES string of the molecule is CCOC(=O)c1ccc(S(=O)(=O)NCc2ccc(Cn3ccnc3)cc2)cc1. The first kappa shape index (κ1) is 19.8.